The van der Waals surface area contributed by atoms with Crippen LogP contribution in [-0.4, -0.2) is 45.9 Å². The second kappa shape index (κ2) is 4.71. The molecular weight excluding hydrogens is 250 g/mol. The van der Waals surface area contributed by atoms with Gasteiger partial charge in [-0.15, -0.1) is 0 Å². The molecular formula is C11H15N5O3. The first-order chi connectivity index (χ1) is 8.91. The highest BCUT2D eigenvalue weighted by molar-refractivity contribution is 6.05. The van der Waals surface area contributed by atoms with Crippen LogP contribution in [0.15, 0.2) is 0 Å². The molecule has 102 valence electrons. The Balaban J connectivity index is 2.12. The lowest BCUT2D eigenvalue weighted by molar-refractivity contribution is -0.147. The van der Waals surface area contributed by atoms with Crippen molar-refractivity contribution in [2.24, 2.45) is 0 Å². The first-order valence-electron chi connectivity index (χ1n) is 5.83. The summed E-state index contributed by atoms with van der Waals surface area (Å²) in [4.78, 5) is 36.2. The predicted octanol–water partition coefficient (Wildman–Crippen LogP) is -0.822. The van der Waals surface area contributed by atoms with Gasteiger partial charge in [-0.05, 0) is 13.3 Å². The Bertz CT molecular complexity index is 531. The van der Waals surface area contributed by atoms with Crippen molar-refractivity contribution in [1.82, 2.24) is 20.4 Å². The number of nitrogens with zero attached hydrogens (tertiary/aromatic N) is 2. The lowest BCUT2D eigenvalue weighted by atomic mass is 10.0. The fourth-order valence-corrected chi connectivity index (χ4v) is 2.01. The summed E-state index contributed by atoms with van der Waals surface area (Å²) < 4.78 is 0. The Labute approximate surface area is 109 Å². The average molecular weight is 265 g/mol. The van der Waals surface area contributed by atoms with E-state index in [1.807, 2.05) is 0 Å². The van der Waals surface area contributed by atoms with E-state index >= 15 is 0 Å². The lowest BCUT2D eigenvalue weighted by Gasteiger charge is -2.28. The van der Waals surface area contributed by atoms with Gasteiger partial charge in [0.25, 0.3) is 11.8 Å². The zero-order valence-electron chi connectivity index (χ0n) is 10.7. The van der Waals surface area contributed by atoms with E-state index < -0.39 is 17.9 Å². The van der Waals surface area contributed by atoms with Crippen molar-refractivity contribution in [2.75, 3.05) is 12.8 Å². The molecule has 1 unspecified atom stereocenters. The molecule has 1 aromatic rings. The van der Waals surface area contributed by atoms with Gasteiger partial charge < -0.3 is 11.1 Å². The number of aromatic amines is 1. The molecule has 1 saturated heterocycles. The summed E-state index contributed by atoms with van der Waals surface area (Å²) in [6, 6.07) is -0.705. The number of aromatic nitrogens is 2. The molecule has 0 aliphatic carbocycles. The Morgan fingerprint density at radius 2 is 2.21 bits per heavy atom. The van der Waals surface area contributed by atoms with Crippen molar-refractivity contribution >= 4 is 23.5 Å². The average Bonchev–Trinajstić information content (AvgIpc) is 2.70. The van der Waals surface area contributed by atoms with Crippen molar-refractivity contribution in [3.05, 3.63) is 11.3 Å². The minimum absolute atomic E-state index is 0.0858. The molecule has 0 saturated carbocycles. The third kappa shape index (κ3) is 2.28. The van der Waals surface area contributed by atoms with Gasteiger partial charge in [-0.2, -0.15) is 5.10 Å². The Kier molecular flexibility index (Phi) is 3.24. The van der Waals surface area contributed by atoms with Gasteiger partial charge in [-0.1, -0.05) is 0 Å². The van der Waals surface area contributed by atoms with E-state index in [-0.39, 0.29) is 23.7 Å². The Morgan fingerprint density at radius 3 is 2.79 bits per heavy atom. The second-order valence-corrected chi connectivity index (χ2v) is 4.46. The van der Waals surface area contributed by atoms with Crippen LogP contribution in [0.1, 0.15) is 28.9 Å². The maximum absolute atomic E-state index is 12.0. The number of anilines is 1. The first kappa shape index (κ1) is 13.1. The maximum Gasteiger partial charge on any atom is 0.257 e. The summed E-state index contributed by atoms with van der Waals surface area (Å²) >= 11 is 0. The highest BCUT2D eigenvalue weighted by atomic mass is 16.2. The summed E-state index contributed by atoms with van der Waals surface area (Å²) in [5, 5.41) is 8.90. The van der Waals surface area contributed by atoms with Crippen LogP contribution >= 0.6 is 0 Å². The minimum Gasteiger partial charge on any atom is -0.382 e. The third-order valence-electron chi connectivity index (χ3n) is 3.16. The standard InChI is InChI=1S/C11H15N5O3/c1-5-8(9(12)15-14-5)10(18)13-6-3-4-7(17)16(2)11(6)19/h6H,3-4H2,1-2H3,(H,13,18)(H3,12,14,15). The Hall–Kier alpha value is -2.38. The number of piperidine rings is 1. The van der Waals surface area contributed by atoms with Crippen LogP contribution in [0.2, 0.25) is 0 Å². The van der Waals surface area contributed by atoms with Gasteiger partial charge in [0.1, 0.15) is 11.6 Å². The molecule has 1 aliphatic rings. The smallest absolute Gasteiger partial charge is 0.257 e. The molecule has 1 aliphatic heterocycles. The SMILES string of the molecule is Cc1[nH]nc(N)c1C(=O)NC1CCC(=O)N(C)C1=O. The maximum atomic E-state index is 12.0. The zero-order chi connectivity index (χ0) is 14.2. The minimum atomic E-state index is -0.705. The molecule has 8 nitrogen and oxygen atoms in total. The fourth-order valence-electron chi connectivity index (χ4n) is 2.01. The number of rotatable bonds is 2. The van der Waals surface area contributed by atoms with E-state index in [1.54, 1.807) is 6.92 Å². The number of hydrogen-bond donors (Lipinski definition) is 3. The summed E-state index contributed by atoms with van der Waals surface area (Å²) in [7, 11) is 1.40. The summed E-state index contributed by atoms with van der Waals surface area (Å²) in [5.41, 5.74) is 6.34. The number of hydrogen-bond acceptors (Lipinski definition) is 5. The fraction of sp³-hybridized carbons (Fsp3) is 0.455. The molecule has 1 aromatic heterocycles. The predicted molar refractivity (Wildman–Crippen MR) is 66.0 cm³/mol. The number of imide groups is 1. The molecule has 0 spiro atoms. The van der Waals surface area contributed by atoms with E-state index in [0.717, 1.165) is 4.90 Å². The highest BCUT2D eigenvalue weighted by Crippen LogP contribution is 2.15. The van der Waals surface area contributed by atoms with E-state index in [1.165, 1.54) is 7.05 Å². The summed E-state index contributed by atoms with van der Waals surface area (Å²) in [5.74, 6) is -1.04. The van der Waals surface area contributed by atoms with Crippen LogP contribution < -0.4 is 11.1 Å². The number of carbonyl (C=O) groups excluding carboxylic acids is 3. The van der Waals surface area contributed by atoms with Gasteiger partial charge >= 0.3 is 0 Å². The van der Waals surface area contributed by atoms with Crippen LogP contribution in [-0.2, 0) is 9.59 Å². The van der Waals surface area contributed by atoms with E-state index in [4.69, 9.17) is 5.73 Å². The van der Waals surface area contributed by atoms with Crippen molar-refractivity contribution in [2.45, 2.75) is 25.8 Å². The topological polar surface area (TPSA) is 121 Å². The number of nitrogen functional groups attached to an aromatic ring is 1. The summed E-state index contributed by atoms with van der Waals surface area (Å²) in [6.45, 7) is 1.66. The lowest BCUT2D eigenvalue weighted by Crippen LogP contribution is -2.53. The van der Waals surface area contributed by atoms with Crippen LogP contribution in [0, 0.1) is 6.92 Å². The van der Waals surface area contributed by atoms with E-state index in [2.05, 4.69) is 15.5 Å². The Morgan fingerprint density at radius 1 is 1.53 bits per heavy atom. The number of likely N-dealkylation sites (tertiary alicyclic amines) is 1. The highest BCUT2D eigenvalue weighted by Gasteiger charge is 2.33. The molecule has 0 bridgehead atoms. The molecule has 3 amide bonds. The molecule has 19 heavy (non-hydrogen) atoms. The van der Waals surface area contributed by atoms with E-state index in [9.17, 15) is 14.4 Å². The quantitative estimate of drug-likeness (QED) is 0.603. The van der Waals surface area contributed by atoms with Crippen molar-refractivity contribution in [3.8, 4) is 0 Å². The van der Waals surface area contributed by atoms with Crippen molar-refractivity contribution < 1.29 is 14.4 Å². The number of amides is 3. The number of likely N-dealkylation sites (N-methyl/N-ethyl adjacent to an activating group) is 1. The molecule has 1 fully saturated rings. The number of nitrogens with two attached hydrogens (primary N) is 1. The molecule has 4 N–H and O–H groups in total. The number of H-pyrrole nitrogens is 1. The van der Waals surface area contributed by atoms with Crippen LogP contribution in [0.5, 0.6) is 0 Å². The van der Waals surface area contributed by atoms with Crippen LogP contribution in [0.4, 0.5) is 5.82 Å². The largest absolute Gasteiger partial charge is 0.382 e. The third-order valence-corrected chi connectivity index (χ3v) is 3.16. The molecule has 2 heterocycles. The molecule has 0 aromatic carbocycles. The molecule has 1 atom stereocenters. The molecule has 2 rings (SSSR count). The zero-order valence-corrected chi connectivity index (χ0v) is 10.7. The van der Waals surface area contributed by atoms with Gasteiger partial charge in [0.15, 0.2) is 5.82 Å². The number of nitrogens with one attached hydrogen (secondary N) is 2. The van der Waals surface area contributed by atoms with Crippen molar-refractivity contribution in [3.63, 3.8) is 0 Å². The van der Waals surface area contributed by atoms with Crippen LogP contribution in [0.25, 0.3) is 0 Å². The van der Waals surface area contributed by atoms with Crippen molar-refractivity contribution in [1.29, 1.82) is 0 Å². The van der Waals surface area contributed by atoms with E-state index in [0.29, 0.717) is 12.1 Å². The normalized spacial score (nSPS) is 19.7. The first-order valence-corrected chi connectivity index (χ1v) is 5.83. The number of carbonyl (C=O) groups is 3. The van der Waals surface area contributed by atoms with Gasteiger partial charge in [0.05, 0.1) is 0 Å². The number of aryl methyl sites for hydroxylation is 1. The second-order valence-electron chi connectivity index (χ2n) is 4.46. The molecule has 8 heteroatoms. The monoisotopic (exact) mass is 265 g/mol. The van der Waals surface area contributed by atoms with Gasteiger partial charge in [0.2, 0.25) is 5.91 Å². The van der Waals surface area contributed by atoms with Gasteiger partial charge in [-0.3, -0.25) is 24.4 Å². The van der Waals surface area contributed by atoms with Gasteiger partial charge in [0, 0.05) is 19.2 Å². The summed E-state index contributed by atoms with van der Waals surface area (Å²) in [6.07, 6.45) is 0.525. The molecule has 0 radical (unpaired) electrons. The van der Waals surface area contributed by atoms with Gasteiger partial charge in [-0.25, -0.2) is 0 Å². The van der Waals surface area contributed by atoms with Crippen LogP contribution in [0.3, 0.4) is 0 Å².